The maximum atomic E-state index is 13.7. The Labute approximate surface area is 176 Å². The summed E-state index contributed by atoms with van der Waals surface area (Å²) in [6.45, 7) is 4.42. The lowest BCUT2D eigenvalue weighted by atomic mass is 9.81. The highest BCUT2D eigenvalue weighted by Gasteiger charge is 2.53. The Balaban J connectivity index is 1.66. The third kappa shape index (κ3) is 3.43. The minimum Gasteiger partial charge on any atom is -0.492 e. The zero-order chi connectivity index (χ0) is 21.1. The molecule has 152 valence electrons. The van der Waals surface area contributed by atoms with Gasteiger partial charge in [0.15, 0.2) is 5.54 Å². The fraction of sp³-hybridized carbons (Fsp3) is 0.200. The van der Waals surface area contributed by atoms with Crippen molar-refractivity contribution in [2.75, 3.05) is 13.2 Å². The van der Waals surface area contributed by atoms with Crippen LogP contribution in [-0.2, 0) is 10.3 Å². The van der Waals surface area contributed by atoms with Crippen molar-refractivity contribution in [1.82, 2.24) is 10.2 Å². The van der Waals surface area contributed by atoms with E-state index >= 15 is 0 Å². The van der Waals surface area contributed by atoms with Crippen molar-refractivity contribution in [2.45, 2.75) is 19.4 Å². The van der Waals surface area contributed by atoms with Crippen molar-refractivity contribution in [3.8, 4) is 5.75 Å². The van der Waals surface area contributed by atoms with Gasteiger partial charge >= 0.3 is 6.03 Å². The molecule has 1 aliphatic heterocycles. The number of ether oxygens (including phenoxy) is 1. The van der Waals surface area contributed by atoms with E-state index in [9.17, 15) is 9.59 Å². The SMILES string of the molecule is Cc1ccc([C@]2(c3ccccc3)NC(=O)N(CCOc3ccccc3)C2=O)cc1C. The molecular formula is C25H24N2O3. The lowest BCUT2D eigenvalue weighted by Gasteiger charge is -2.28. The van der Waals surface area contributed by atoms with Crippen LogP contribution in [0.4, 0.5) is 4.79 Å². The number of hydrogen-bond acceptors (Lipinski definition) is 3. The Morgan fingerprint density at radius 1 is 0.833 bits per heavy atom. The lowest BCUT2D eigenvalue weighted by molar-refractivity contribution is -0.130. The summed E-state index contributed by atoms with van der Waals surface area (Å²) >= 11 is 0. The molecule has 3 amide bonds. The topological polar surface area (TPSA) is 58.6 Å². The van der Waals surface area contributed by atoms with Crippen LogP contribution in [0.15, 0.2) is 78.9 Å². The van der Waals surface area contributed by atoms with E-state index in [2.05, 4.69) is 5.32 Å². The largest absolute Gasteiger partial charge is 0.492 e. The molecule has 0 saturated carbocycles. The lowest BCUT2D eigenvalue weighted by Crippen LogP contribution is -2.45. The Kier molecular flexibility index (Phi) is 5.27. The second-order valence-electron chi connectivity index (χ2n) is 7.46. The Morgan fingerprint density at radius 2 is 1.50 bits per heavy atom. The molecule has 1 N–H and O–H groups in total. The molecule has 0 spiro atoms. The predicted octanol–water partition coefficient (Wildman–Crippen LogP) is 4.18. The maximum Gasteiger partial charge on any atom is 0.325 e. The van der Waals surface area contributed by atoms with Gasteiger partial charge in [0.25, 0.3) is 5.91 Å². The van der Waals surface area contributed by atoms with E-state index in [1.165, 1.54) is 4.90 Å². The van der Waals surface area contributed by atoms with Crippen molar-refractivity contribution in [3.63, 3.8) is 0 Å². The number of benzene rings is 3. The van der Waals surface area contributed by atoms with Crippen LogP contribution in [0.1, 0.15) is 22.3 Å². The van der Waals surface area contributed by atoms with Crippen molar-refractivity contribution < 1.29 is 14.3 Å². The number of hydrogen-bond donors (Lipinski definition) is 1. The number of carbonyl (C=O) groups excluding carboxylic acids is 2. The van der Waals surface area contributed by atoms with Crippen molar-refractivity contribution in [1.29, 1.82) is 0 Å². The van der Waals surface area contributed by atoms with Gasteiger partial charge in [-0.15, -0.1) is 0 Å². The summed E-state index contributed by atoms with van der Waals surface area (Å²) in [5.41, 5.74) is 2.44. The summed E-state index contributed by atoms with van der Waals surface area (Å²) in [5.74, 6) is 0.409. The number of amides is 3. The van der Waals surface area contributed by atoms with Crippen LogP contribution in [0.25, 0.3) is 0 Å². The van der Waals surface area contributed by atoms with E-state index < -0.39 is 11.6 Å². The van der Waals surface area contributed by atoms with Gasteiger partial charge in [-0.05, 0) is 48.2 Å². The summed E-state index contributed by atoms with van der Waals surface area (Å²) in [7, 11) is 0. The van der Waals surface area contributed by atoms with E-state index in [-0.39, 0.29) is 19.1 Å². The standard InChI is InChI=1S/C25H24N2O3/c1-18-13-14-21(17-19(18)2)25(20-9-5-3-6-10-20)23(28)27(24(29)26-25)15-16-30-22-11-7-4-8-12-22/h3-14,17H,15-16H2,1-2H3,(H,26,29)/t25-/m0/s1. The highest BCUT2D eigenvalue weighted by Crippen LogP contribution is 2.36. The zero-order valence-electron chi connectivity index (χ0n) is 17.1. The minimum atomic E-state index is -1.25. The second kappa shape index (κ2) is 8.03. The number of aryl methyl sites for hydroxylation is 2. The first-order valence-corrected chi connectivity index (χ1v) is 9.97. The number of nitrogens with one attached hydrogen (secondary N) is 1. The van der Waals surface area contributed by atoms with Crippen LogP contribution in [-0.4, -0.2) is 30.0 Å². The molecule has 4 rings (SSSR count). The van der Waals surface area contributed by atoms with Gasteiger partial charge in [0.05, 0.1) is 6.54 Å². The third-order valence-electron chi connectivity index (χ3n) is 5.58. The molecule has 5 nitrogen and oxygen atoms in total. The third-order valence-corrected chi connectivity index (χ3v) is 5.58. The Bertz CT molecular complexity index is 1070. The summed E-state index contributed by atoms with van der Waals surface area (Å²) in [5, 5.41) is 2.98. The van der Waals surface area contributed by atoms with E-state index in [0.29, 0.717) is 5.75 Å². The number of nitrogens with zero attached hydrogens (tertiary/aromatic N) is 1. The molecule has 0 radical (unpaired) electrons. The van der Waals surface area contributed by atoms with Crippen LogP contribution in [0.2, 0.25) is 0 Å². The number of carbonyl (C=O) groups is 2. The molecular weight excluding hydrogens is 376 g/mol. The molecule has 0 aromatic heterocycles. The average Bonchev–Trinajstić information content (AvgIpc) is 3.02. The zero-order valence-corrected chi connectivity index (χ0v) is 17.1. The molecule has 3 aromatic rings. The molecule has 1 aliphatic rings. The monoisotopic (exact) mass is 400 g/mol. The molecule has 5 heteroatoms. The molecule has 0 unspecified atom stereocenters. The number of imide groups is 1. The summed E-state index contributed by atoms with van der Waals surface area (Å²) in [6.07, 6.45) is 0. The Hall–Kier alpha value is -3.60. The molecule has 1 atom stereocenters. The van der Waals surface area contributed by atoms with Gasteiger partial charge in [0, 0.05) is 0 Å². The summed E-state index contributed by atoms with van der Waals surface area (Å²) in [6, 6.07) is 24.2. The first-order chi connectivity index (χ1) is 14.5. The fourth-order valence-corrected chi connectivity index (χ4v) is 3.77. The van der Waals surface area contributed by atoms with Crippen LogP contribution in [0.3, 0.4) is 0 Å². The van der Waals surface area contributed by atoms with Crippen LogP contribution < -0.4 is 10.1 Å². The van der Waals surface area contributed by atoms with E-state index in [1.54, 1.807) is 0 Å². The Morgan fingerprint density at radius 3 is 2.17 bits per heavy atom. The average molecular weight is 400 g/mol. The molecule has 1 fully saturated rings. The highest BCUT2D eigenvalue weighted by molar-refractivity contribution is 6.09. The van der Waals surface area contributed by atoms with E-state index in [4.69, 9.17) is 4.74 Å². The first-order valence-electron chi connectivity index (χ1n) is 9.97. The van der Waals surface area contributed by atoms with Crippen molar-refractivity contribution in [2.24, 2.45) is 0 Å². The smallest absolute Gasteiger partial charge is 0.325 e. The van der Waals surface area contributed by atoms with E-state index in [1.807, 2.05) is 92.7 Å². The summed E-state index contributed by atoms with van der Waals surface area (Å²) in [4.78, 5) is 27.8. The maximum absolute atomic E-state index is 13.7. The van der Waals surface area contributed by atoms with Crippen molar-refractivity contribution in [3.05, 3.63) is 101 Å². The normalized spacial score (nSPS) is 18.4. The first kappa shape index (κ1) is 19.7. The van der Waals surface area contributed by atoms with E-state index in [0.717, 1.165) is 22.3 Å². The van der Waals surface area contributed by atoms with Gasteiger partial charge in [-0.3, -0.25) is 9.69 Å². The van der Waals surface area contributed by atoms with Crippen molar-refractivity contribution >= 4 is 11.9 Å². The molecule has 1 saturated heterocycles. The number of urea groups is 1. The molecule has 0 aliphatic carbocycles. The quantitative estimate of drug-likeness (QED) is 0.632. The van der Waals surface area contributed by atoms with Gasteiger partial charge in [0.2, 0.25) is 0 Å². The molecule has 3 aromatic carbocycles. The van der Waals surface area contributed by atoms with Crippen LogP contribution in [0, 0.1) is 13.8 Å². The van der Waals surface area contributed by atoms with Gasteiger partial charge in [0.1, 0.15) is 12.4 Å². The van der Waals surface area contributed by atoms with Gasteiger partial charge < -0.3 is 10.1 Å². The number of para-hydroxylation sites is 1. The van der Waals surface area contributed by atoms with Crippen LogP contribution >= 0.6 is 0 Å². The van der Waals surface area contributed by atoms with Gasteiger partial charge in [-0.2, -0.15) is 0 Å². The van der Waals surface area contributed by atoms with Gasteiger partial charge in [-0.1, -0.05) is 66.7 Å². The molecule has 30 heavy (non-hydrogen) atoms. The minimum absolute atomic E-state index is 0.166. The summed E-state index contributed by atoms with van der Waals surface area (Å²) < 4.78 is 5.71. The molecule has 1 heterocycles. The molecule has 0 bridgehead atoms. The number of rotatable bonds is 6. The van der Waals surface area contributed by atoms with Gasteiger partial charge in [-0.25, -0.2) is 4.79 Å². The predicted molar refractivity (Wildman–Crippen MR) is 115 cm³/mol. The highest BCUT2D eigenvalue weighted by atomic mass is 16.5. The fourth-order valence-electron chi connectivity index (χ4n) is 3.77. The second-order valence-corrected chi connectivity index (χ2v) is 7.46. The van der Waals surface area contributed by atoms with Crippen LogP contribution in [0.5, 0.6) is 5.75 Å².